The molecule has 0 aromatic heterocycles. The smallest absolute Gasteiger partial charge is 0.222 e. The number of carbonyl (C=O) groups excluding carboxylic acids is 1. The van der Waals surface area contributed by atoms with Crippen LogP contribution in [0.25, 0.3) is 0 Å². The van der Waals surface area contributed by atoms with E-state index in [9.17, 15) is 4.79 Å². The molecule has 0 atom stereocenters. The van der Waals surface area contributed by atoms with Crippen LogP contribution in [0.4, 0.5) is 0 Å². The fourth-order valence-electron chi connectivity index (χ4n) is 3.19. The van der Waals surface area contributed by atoms with Crippen molar-refractivity contribution >= 4 is 5.91 Å². The Morgan fingerprint density at radius 3 is 1.81 bits per heavy atom. The third-order valence-corrected chi connectivity index (χ3v) is 4.63. The lowest BCUT2D eigenvalue weighted by atomic mass is 10.0. The molecule has 0 aromatic carbocycles. The van der Waals surface area contributed by atoms with Gasteiger partial charge in [0.05, 0.1) is 0 Å². The number of rotatable bonds is 12. The summed E-state index contributed by atoms with van der Waals surface area (Å²) in [4.78, 5) is 13.9. The number of nitrogens with zero attached hydrogens (tertiary/aromatic N) is 1. The first kappa shape index (κ1) is 18.5. The van der Waals surface area contributed by atoms with Crippen molar-refractivity contribution in [3.8, 4) is 0 Å². The molecule has 1 aliphatic heterocycles. The summed E-state index contributed by atoms with van der Waals surface area (Å²) in [6, 6.07) is 0. The molecule has 2 heteroatoms. The molecule has 1 aliphatic rings. The summed E-state index contributed by atoms with van der Waals surface area (Å²) in [6.07, 6.45) is 16.7. The van der Waals surface area contributed by atoms with Crippen LogP contribution in [0.2, 0.25) is 0 Å². The molecule has 0 unspecified atom stereocenters. The highest BCUT2D eigenvalue weighted by atomic mass is 16.2. The van der Waals surface area contributed by atoms with Crippen LogP contribution in [0.1, 0.15) is 97.3 Å². The second-order valence-corrected chi connectivity index (χ2v) is 7.20. The monoisotopic (exact) mass is 295 g/mol. The fourth-order valence-corrected chi connectivity index (χ4v) is 3.19. The summed E-state index contributed by atoms with van der Waals surface area (Å²) in [6.45, 7) is 6.65. The van der Waals surface area contributed by atoms with E-state index < -0.39 is 0 Å². The minimum Gasteiger partial charge on any atom is -0.343 e. The molecule has 1 rings (SSSR count). The molecule has 0 aliphatic carbocycles. The summed E-state index contributed by atoms with van der Waals surface area (Å²) in [5.74, 6) is 1.27. The van der Waals surface area contributed by atoms with Gasteiger partial charge in [0, 0.05) is 19.5 Å². The Bertz CT molecular complexity index is 256. The summed E-state index contributed by atoms with van der Waals surface area (Å²) in [5, 5.41) is 0. The molecular weight excluding hydrogens is 258 g/mol. The maximum atomic E-state index is 11.9. The van der Waals surface area contributed by atoms with Gasteiger partial charge in [0.25, 0.3) is 0 Å². The highest BCUT2D eigenvalue weighted by Gasteiger charge is 2.16. The molecule has 1 heterocycles. The number of unbranched alkanes of at least 4 members (excludes halogenated alkanes) is 8. The molecule has 2 nitrogen and oxygen atoms in total. The van der Waals surface area contributed by atoms with Gasteiger partial charge in [0.2, 0.25) is 5.91 Å². The molecule has 21 heavy (non-hydrogen) atoms. The van der Waals surface area contributed by atoms with Crippen LogP contribution in [0.5, 0.6) is 0 Å². The third kappa shape index (κ3) is 9.92. The number of likely N-dealkylation sites (tertiary alicyclic amines) is 1. The molecular formula is C19H37NO. The van der Waals surface area contributed by atoms with Crippen molar-refractivity contribution in [1.29, 1.82) is 0 Å². The molecule has 0 radical (unpaired) electrons. The van der Waals surface area contributed by atoms with Gasteiger partial charge in [0.15, 0.2) is 0 Å². The molecule has 0 aromatic rings. The first-order chi connectivity index (χ1) is 10.2. The topological polar surface area (TPSA) is 20.3 Å². The third-order valence-electron chi connectivity index (χ3n) is 4.63. The van der Waals surface area contributed by atoms with E-state index in [-0.39, 0.29) is 0 Å². The Balaban J connectivity index is 1.77. The predicted molar refractivity (Wildman–Crippen MR) is 91.4 cm³/mol. The van der Waals surface area contributed by atoms with Crippen molar-refractivity contribution in [1.82, 2.24) is 4.90 Å². The van der Waals surface area contributed by atoms with E-state index in [1.807, 2.05) is 0 Å². The Kier molecular flexibility index (Phi) is 10.6. The number of amides is 1. The Morgan fingerprint density at radius 1 is 0.810 bits per heavy atom. The number of carbonyl (C=O) groups is 1. The van der Waals surface area contributed by atoms with Crippen LogP contribution in [0.15, 0.2) is 0 Å². The zero-order chi connectivity index (χ0) is 15.3. The van der Waals surface area contributed by atoms with E-state index in [1.165, 1.54) is 70.6 Å². The zero-order valence-electron chi connectivity index (χ0n) is 14.5. The quantitative estimate of drug-likeness (QED) is 0.432. The van der Waals surface area contributed by atoms with Crippen molar-refractivity contribution in [3.63, 3.8) is 0 Å². The number of hydrogen-bond donors (Lipinski definition) is 0. The van der Waals surface area contributed by atoms with Crippen LogP contribution in [0.3, 0.4) is 0 Å². The van der Waals surface area contributed by atoms with Gasteiger partial charge >= 0.3 is 0 Å². The predicted octanol–water partition coefficient (Wildman–Crippen LogP) is 5.56. The highest BCUT2D eigenvalue weighted by Crippen LogP contribution is 2.14. The average Bonchev–Trinajstić information content (AvgIpc) is 2.98. The lowest BCUT2D eigenvalue weighted by Crippen LogP contribution is -2.27. The van der Waals surface area contributed by atoms with Gasteiger partial charge in [-0.3, -0.25) is 4.79 Å². The lowest BCUT2D eigenvalue weighted by Gasteiger charge is -2.14. The summed E-state index contributed by atoms with van der Waals surface area (Å²) in [7, 11) is 0. The van der Waals surface area contributed by atoms with Crippen molar-refractivity contribution < 1.29 is 4.79 Å². The van der Waals surface area contributed by atoms with Gasteiger partial charge in [0.1, 0.15) is 0 Å². The van der Waals surface area contributed by atoms with Crippen LogP contribution in [0, 0.1) is 5.92 Å². The summed E-state index contributed by atoms with van der Waals surface area (Å²) in [5.41, 5.74) is 0. The Hall–Kier alpha value is -0.530. The Labute approximate surface area is 132 Å². The molecule has 1 fully saturated rings. The van der Waals surface area contributed by atoms with E-state index in [0.29, 0.717) is 5.91 Å². The van der Waals surface area contributed by atoms with Crippen molar-refractivity contribution in [2.75, 3.05) is 13.1 Å². The maximum Gasteiger partial charge on any atom is 0.222 e. The molecule has 124 valence electrons. The molecule has 0 spiro atoms. The number of hydrogen-bond acceptors (Lipinski definition) is 1. The average molecular weight is 296 g/mol. The van der Waals surface area contributed by atoms with E-state index >= 15 is 0 Å². The van der Waals surface area contributed by atoms with Gasteiger partial charge in [-0.2, -0.15) is 0 Å². The molecule has 1 amide bonds. The SMILES string of the molecule is CC(C)CCCCCCCCCCCC(=O)N1CCCC1. The van der Waals surface area contributed by atoms with E-state index in [2.05, 4.69) is 18.7 Å². The first-order valence-electron chi connectivity index (χ1n) is 9.48. The normalized spacial score (nSPS) is 15.1. The molecule has 1 saturated heterocycles. The maximum absolute atomic E-state index is 11.9. The second kappa shape index (κ2) is 12.1. The van der Waals surface area contributed by atoms with E-state index in [1.54, 1.807) is 0 Å². The standard InChI is InChI=1S/C19H37NO/c1-18(2)14-10-8-6-4-3-5-7-9-11-15-19(21)20-16-12-13-17-20/h18H,3-17H2,1-2H3. The summed E-state index contributed by atoms with van der Waals surface area (Å²) >= 11 is 0. The molecule has 0 bridgehead atoms. The van der Waals surface area contributed by atoms with Crippen LogP contribution >= 0.6 is 0 Å². The van der Waals surface area contributed by atoms with Crippen LogP contribution < -0.4 is 0 Å². The summed E-state index contributed by atoms with van der Waals surface area (Å²) < 4.78 is 0. The minimum atomic E-state index is 0.401. The van der Waals surface area contributed by atoms with Crippen LogP contribution in [-0.4, -0.2) is 23.9 Å². The van der Waals surface area contributed by atoms with Crippen molar-refractivity contribution in [2.24, 2.45) is 5.92 Å². The zero-order valence-corrected chi connectivity index (χ0v) is 14.5. The van der Waals surface area contributed by atoms with Gasteiger partial charge in [-0.25, -0.2) is 0 Å². The molecule has 0 saturated carbocycles. The van der Waals surface area contributed by atoms with Crippen molar-refractivity contribution in [3.05, 3.63) is 0 Å². The first-order valence-corrected chi connectivity index (χ1v) is 9.48. The fraction of sp³-hybridized carbons (Fsp3) is 0.947. The van der Waals surface area contributed by atoms with E-state index in [0.717, 1.165) is 31.8 Å². The minimum absolute atomic E-state index is 0.401. The Morgan fingerprint density at radius 2 is 1.29 bits per heavy atom. The van der Waals surface area contributed by atoms with Crippen molar-refractivity contribution in [2.45, 2.75) is 97.3 Å². The van der Waals surface area contributed by atoms with Gasteiger partial charge in [-0.1, -0.05) is 71.6 Å². The van der Waals surface area contributed by atoms with Gasteiger partial charge < -0.3 is 4.90 Å². The second-order valence-electron chi connectivity index (χ2n) is 7.20. The lowest BCUT2D eigenvalue weighted by molar-refractivity contribution is -0.130. The van der Waals surface area contributed by atoms with Gasteiger partial charge in [-0.15, -0.1) is 0 Å². The van der Waals surface area contributed by atoms with Crippen LogP contribution in [-0.2, 0) is 4.79 Å². The van der Waals surface area contributed by atoms with E-state index in [4.69, 9.17) is 0 Å². The highest BCUT2D eigenvalue weighted by molar-refractivity contribution is 5.76. The molecule has 0 N–H and O–H groups in total. The largest absolute Gasteiger partial charge is 0.343 e. The van der Waals surface area contributed by atoms with Gasteiger partial charge in [-0.05, 0) is 25.2 Å².